The maximum Gasteiger partial charge on any atom is 0.258 e. The molecule has 2 aromatic rings. The van der Waals surface area contributed by atoms with Crippen LogP contribution in [0.3, 0.4) is 0 Å². The predicted molar refractivity (Wildman–Crippen MR) is 92.5 cm³/mol. The van der Waals surface area contributed by atoms with Crippen LogP contribution in [0.4, 0.5) is 0 Å². The second-order valence-electron chi connectivity index (χ2n) is 5.68. The van der Waals surface area contributed by atoms with Crippen LogP contribution in [0, 0.1) is 0 Å². The molecule has 24 heavy (non-hydrogen) atoms. The number of hydrogen-bond acceptors (Lipinski definition) is 3. The van der Waals surface area contributed by atoms with Gasteiger partial charge in [0.2, 0.25) is 5.91 Å². The van der Waals surface area contributed by atoms with E-state index in [1.54, 1.807) is 12.1 Å². The predicted octanol–water partition coefficient (Wildman–Crippen LogP) is 2.45. The number of para-hydroxylation sites is 1. The smallest absolute Gasteiger partial charge is 0.258 e. The molecule has 0 aliphatic heterocycles. The molecule has 0 fully saturated rings. The van der Waals surface area contributed by atoms with Crippen LogP contribution in [0.2, 0.25) is 0 Å². The van der Waals surface area contributed by atoms with Gasteiger partial charge in [-0.05, 0) is 31.5 Å². The maximum absolute atomic E-state index is 12.4. The van der Waals surface area contributed by atoms with Crippen LogP contribution < -0.4 is 15.4 Å². The minimum absolute atomic E-state index is 0.0128. The number of amides is 2. The summed E-state index contributed by atoms with van der Waals surface area (Å²) >= 11 is 0. The molecule has 5 heteroatoms. The normalized spacial score (nSPS) is 11.6. The minimum Gasteiger partial charge on any atom is -0.484 e. The largest absolute Gasteiger partial charge is 0.484 e. The second kappa shape index (κ2) is 8.72. The number of ether oxygens (including phenoxy) is 1. The van der Waals surface area contributed by atoms with Gasteiger partial charge >= 0.3 is 0 Å². The van der Waals surface area contributed by atoms with Crippen molar-refractivity contribution in [3.63, 3.8) is 0 Å². The summed E-state index contributed by atoms with van der Waals surface area (Å²) in [6.07, 6.45) is 0. The molecule has 2 aromatic carbocycles. The number of carbonyl (C=O) groups is 2. The third kappa shape index (κ3) is 5.43. The van der Waals surface area contributed by atoms with Gasteiger partial charge in [-0.3, -0.25) is 9.59 Å². The van der Waals surface area contributed by atoms with E-state index in [0.717, 1.165) is 5.56 Å². The lowest BCUT2D eigenvalue weighted by atomic mass is 10.1. The van der Waals surface area contributed by atoms with Crippen LogP contribution >= 0.6 is 0 Å². The molecule has 0 unspecified atom stereocenters. The molecule has 1 atom stereocenters. The number of nitrogens with one attached hydrogen (secondary N) is 2. The van der Waals surface area contributed by atoms with Crippen LogP contribution in [0.1, 0.15) is 25.5 Å². The number of carbonyl (C=O) groups excluding carboxylic acids is 2. The first-order chi connectivity index (χ1) is 11.6. The highest BCUT2D eigenvalue weighted by Crippen LogP contribution is 2.13. The molecule has 0 aliphatic rings. The summed E-state index contributed by atoms with van der Waals surface area (Å²) in [5.41, 5.74) is 0.726. The van der Waals surface area contributed by atoms with Crippen molar-refractivity contribution in [3.05, 3.63) is 66.2 Å². The Labute approximate surface area is 142 Å². The second-order valence-corrected chi connectivity index (χ2v) is 5.68. The Hall–Kier alpha value is -2.82. The number of benzene rings is 2. The van der Waals surface area contributed by atoms with Gasteiger partial charge in [0.05, 0.1) is 0 Å². The van der Waals surface area contributed by atoms with Crippen LogP contribution in [-0.2, 0) is 9.59 Å². The van der Waals surface area contributed by atoms with Gasteiger partial charge in [0, 0.05) is 6.04 Å². The minimum atomic E-state index is -0.750. The van der Waals surface area contributed by atoms with Gasteiger partial charge in [-0.25, -0.2) is 0 Å². The highest BCUT2D eigenvalue weighted by molar-refractivity contribution is 5.89. The fourth-order valence-electron chi connectivity index (χ4n) is 2.18. The summed E-state index contributed by atoms with van der Waals surface area (Å²) in [5, 5.41) is 5.56. The van der Waals surface area contributed by atoms with E-state index in [2.05, 4.69) is 10.6 Å². The molecule has 0 radical (unpaired) electrons. The van der Waals surface area contributed by atoms with Crippen LogP contribution in [-0.4, -0.2) is 24.5 Å². The van der Waals surface area contributed by atoms with Crippen molar-refractivity contribution in [2.24, 2.45) is 0 Å². The van der Waals surface area contributed by atoms with Crippen molar-refractivity contribution in [3.8, 4) is 5.75 Å². The standard InChI is InChI=1S/C19H22N2O3/c1-14(2)20-19(23)18(15-9-5-3-6-10-15)21-17(22)13-24-16-11-7-4-8-12-16/h3-12,14,18H,13H2,1-2H3,(H,20,23)(H,21,22)/t18-/m0/s1. The molecular formula is C19H22N2O3. The van der Waals surface area contributed by atoms with E-state index in [1.807, 2.05) is 62.4 Å². The molecule has 2 rings (SSSR count). The lowest BCUT2D eigenvalue weighted by molar-refractivity contribution is -0.130. The van der Waals surface area contributed by atoms with Crippen LogP contribution in [0.15, 0.2) is 60.7 Å². The molecule has 0 heterocycles. The average molecular weight is 326 g/mol. The molecule has 0 saturated heterocycles. The first-order valence-corrected chi connectivity index (χ1v) is 7.89. The Balaban J connectivity index is 2.02. The SMILES string of the molecule is CC(C)NC(=O)[C@@H](NC(=O)COc1ccccc1)c1ccccc1. The zero-order valence-corrected chi connectivity index (χ0v) is 13.9. The fourth-order valence-corrected chi connectivity index (χ4v) is 2.18. The van der Waals surface area contributed by atoms with Gasteiger partial charge in [-0.15, -0.1) is 0 Å². The third-order valence-electron chi connectivity index (χ3n) is 3.24. The topological polar surface area (TPSA) is 67.4 Å². The molecule has 0 bridgehead atoms. The molecule has 0 saturated carbocycles. The lowest BCUT2D eigenvalue weighted by Crippen LogP contribution is -2.44. The zero-order valence-electron chi connectivity index (χ0n) is 13.9. The van der Waals surface area contributed by atoms with E-state index in [0.29, 0.717) is 5.75 Å². The van der Waals surface area contributed by atoms with Crippen LogP contribution in [0.5, 0.6) is 5.75 Å². The van der Waals surface area contributed by atoms with Gasteiger partial charge in [0.1, 0.15) is 11.8 Å². The monoisotopic (exact) mass is 326 g/mol. The number of rotatable bonds is 7. The first-order valence-electron chi connectivity index (χ1n) is 7.89. The summed E-state index contributed by atoms with van der Waals surface area (Å²) in [4.78, 5) is 24.6. The summed E-state index contributed by atoms with van der Waals surface area (Å²) < 4.78 is 5.42. The van der Waals surface area contributed by atoms with E-state index in [4.69, 9.17) is 4.74 Å². The maximum atomic E-state index is 12.4. The molecule has 0 aromatic heterocycles. The van der Waals surface area contributed by atoms with Crippen molar-refractivity contribution >= 4 is 11.8 Å². The number of hydrogen-bond donors (Lipinski definition) is 2. The van der Waals surface area contributed by atoms with Gasteiger partial charge in [0.15, 0.2) is 6.61 Å². The zero-order chi connectivity index (χ0) is 17.4. The first kappa shape index (κ1) is 17.5. The molecular weight excluding hydrogens is 304 g/mol. The Morgan fingerprint density at radius 1 is 0.917 bits per heavy atom. The van der Waals surface area contributed by atoms with E-state index in [-0.39, 0.29) is 24.5 Å². The third-order valence-corrected chi connectivity index (χ3v) is 3.24. The Bertz CT molecular complexity index is 657. The van der Waals surface area contributed by atoms with E-state index in [9.17, 15) is 9.59 Å². The molecule has 0 aliphatic carbocycles. The summed E-state index contributed by atoms with van der Waals surface area (Å²) in [6, 6.07) is 17.4. The highest BCUT2D eigenvalue weighted by atomic mass is 16.5. The van der Waals surface area contributed by atoms with Gasteiger partial charge < -0.3 is 15.4 Å². The molecule has 2 N–H and O–H groups in total. The van der Waals surface area contributed by atoms with Crippen molar-refractivity contribution in [1.82, 2.24) is 10.6 Å². The highest BCUT2D eigenvalue weighted by Gasteiger charge is 2.23. The summed E-state index contributed by atoms with van der Waals surface area (Å²) in [6.45, 7) is 3.60. The molecule has 126 valence electrons. The van der Waals surface area contributed by atoms with Crippen molar-refractivity contribution in [2.75, 3.05) is 6.61 Å². The van der Waals surface area contributed by atoms with E-state index >= 15 is 0 Å². The Morgan fingerprint density at radius 3 is 2.08 bits per heavy atom. The summed E-state index contributed by atoms with van der Waals surface area (Å²) in [7, 11) is 0. The fraction of sp³-hybridized carbons (Fsp3) is 0.263. The lowest BCUT2D eigenvalue weighted by Gasteiger charge is -2.20. The average Bonchev–Trinajstić information content (AvgIpc) is 2.59. The van der Waals surface area contributed by atoms with Gasteiger partial charge in [0.25, 0.3) is 5.91 Å². The summed E-state index contributed by atoms with van der Waals surface area (Å²) in [5.74, 6) is 0.00594. The molecule has 5 nitrogen and oxygen atoms in total. The van der Waals surface area contributed by atoms with Crippen molar-refractivity contribution in [2.45, 2.75) is 25.9 Å². The van der Waals surface area contributed by atoms with Crippen LogP contribution in [0.25, 0.3) is 0 Å². The Morgan fingerprint density at radius 2 is 1.50 bits per heavy atom. The van der Waals surface area contributed by atoms with Crippen molar-refractivity contribution in [1.29, 1.82) is 0 Å². The molecule has 2 amide bonds. The van der Waals surface area contributed by atoms with Crippen molar-refractivity contribution < 1.29 is 14.3 Å². The van der Waals surface area contributed by atoms with E-state index < -0.39 is 6.04 Å². The quantitative estimate of drug-likeness (QED) is 0.821. The molecule has 0 spiro atoms. The van der Waals surface area contributed by atoms with Gasteiger partial charge in [-0.1, -0.05) is 48.5 Å². The van der Waals surface area contributed by atoms with Gasteiger partial charge in [-0.2, -0.15) is 0 Å². The Kier molecular flexibility index (Phi) is 6.37. The van der Waals surface area contributed by atoms with E-state index in [1.165, 1.54) is 0 Å².